The SMILES string of the molecule is CNCCOCCOCCOCCOCCOCCOc1ccc(NC(C)=O)cc1. The molecular formula is C21H36N2O7. The Labute approximate surface area is 179 Å². The molecule has 0 spiro atoms. The van der Waals surface area contributed by atoms with Crippen LogP contribution in [0.2, 0.25) is 0 Å². The monoisotopic (exact) mass is 428 g/mol. The number of hydrogen-bond donors (Lipinski definition) is 2. The highest BCUT2D eigenvalue weighted by Crippen LogP contribution is 2.15. The largest absolute Gasteiger partial charge is 0.491 e. The van der Waals surface area contributed by atoms with Crippen molar-refractivity contribution in [3.8, 4) is 5.75 Å². The molecule has 9 nitrogen and oxygen atoms in total. The molecule has 172 valence electrons. The van der Waals surface area contributed by atoms with Crippen molar-refractivity contribution in [3.05, 3.63) is 24.3 Å². The van der Waals surface area contributed by atoms with Crippen molar-refractivity contribution >= 4 is 11.6 Å². The summed E-state index contributed by atoms with van der Waals surface area (Å²) in [6, 6.07) is 7.19. The predicted molar refractivity (Wildman–Crippen MR) is 114 cm³/mol. The second-order valence-electron chi connectivity index (χ2n) is 6.22. The molecule has 30 heavy (non-hydrogen) atoms. The summed E-state index contributed by atoms with van der Waals surface area (Å²) in [5, 5.41) is 5.72. The number of anilines is 1. The lowest BCUT2D eigenvalue weighted by atomic mass is 10.3. The van der Waals surface area contributed by atoms with Gasteiger partial charge in [0.15, 0.2) is 0 Å². The van der Waals surface area contributed by atoms with Gasteiger partial charge in [-0.1, -0.05) is 0 Å². The Hall–Kier alpha value is -1.75. The average Bonchev–Trinajstić information content (AvgIpc) is 2.73. The summed E-state index contributed by atoms with van der Waals surface area (Å²) >= 11 is 0. The first kappa shape index (κ1) is 26.3. The first-order valence-electron chi connectivity index (χ1n) is 10.3. The topological polar surface area (TPSA) is 96.5 Å². The van der Waals surface area contributed by atoms with E-state index < -0.39 is 0 Å². The van der Waals surface area contributed by atoms with Gasteiger partial charge in [0.2, 0.25) is 5.91 Å². The van der Waals surface area contributed by atoms with Gasteiger partial charge in [-0.15, -0.1) is 0 Å². The molecule has 0 aliphatic carbocycles. The summed E-state index contributed by atoms with van der Waals surface area (Å²) in [5.74, 6) is 0.628. The normalized spacial score (nSPS) is 10.9. The summed E-state index contributed by atoms with van der Waals surface area (Å²) in [5.41, 5.74) is 0.741. The van der Waals surface area contributed by atoms with E-state index in [1.807, 2.05) is 7.05 Å². The minimum absolute atomic E-state index is 0.0998. The molecule has 0 heterocycles. The summed E-state index contributed by atoms with van der Waals surface area (Å²) in [6.45, 7) is 8.26. The van der Waals surface area contributed by atoms with Crippen LogP contribution in [-0.4, -0.2) is 92.2 Å². The van der Waals surface area contributed by atoms with E-state index in [0.29, 0.717) is 72.7 Å². The minimum Gasteiger partial charge on any atom is -0.491 e. The van der Waals surface area contributed by atoms with Gasteiger partial charge in [0.05, 0.1) is 66.1 Å². The second-order valence-corrected chi connectivity index (χ2v) is 6.22. The Morgan fingerprint density at radius 2 is 1.13 bits per heavy atom. The summed E-state index contributed by atoms with van der Waals surface area (Å²) in [7, 11) is 1.89. The van der Waals surface area contributed by atoms with Crippen LogP contribution in [-0.2, 0) is 28.5 Å². The van der Waals surface area contributed by atoms with E-state index in [1.54, 1.807) is 24.3 Å². The fraction of sp³-hybridized carbons (Fsp3) is 0.667. The highest BCUT2D eigenvalue weighted by molar-refractivity contribution is 5.88. The second kappa shape index (κ2) is 19.2. The van der Waals surface area contributed by atoms with Crippen LogP contribution in [0, 0.1) is 0 Å². The van der Waals surface area contributed by atoms with Crippen molar-refractivity contribution in [2.24, 2.45) is 0 Å². The molecule has 9 heteroatoms. The lowest BCUT2D eigenvalue weighted by Gasteiger charge is -2.09. The molecule has 0 fully saturated rings. The van der Waals surface area contributed by atoms with Crippen molar-refractivity contribution < 1.29 is 33.2 Å². The molecule has 1 aromatic rings. The van der Waals surface area contributed by atoms with E-state index in [4.69, 9.17) is 28.4 Å². The molecule has 1 amide bonds. The lowest BCUT2D eigenvalue weighted by molar-refractivity contribution is -0.114. The van der Waals surface area contributed by atoms with Crippen LogP contribution in [0.4, 0.5) is 5.69 Å². The van der Waals surface area contributed by atoms with Gasteiger partial charge in [-0.3, -0.25) is 4.79 Å². The van der Waals surface area contributed by atoms with E-state index in [2.05, 4.69) is 10.6 Å². The summed E-state index contributed by atoms with van der Waals surface area (Å²) < 4.78 is 32.6. The molecule has 0 aliphatic rings. The van der Waals surface area contributed by atoms with Crippen LogP contribution < -0.4 is 15.4 Å². The number of likely N-dealkylation sites (N-methyl/N-ethyl adjacent to an activating group) is 1. The third-order valence-electron chi connectivity index (χ3n) is 3.66. The number of hydrogen-bond acceptors (Lipinski definition) is 8. The molecular weight excluding hydrogens is 392 g/mol. The van der Waals surface area contributed by atoms with Crippen LogP contribution in [0.5, 0.6) is 5.75 Å². The number of nitrogens with one attached hydrogen (secondary N) is 2. The first-order chi connectivity index (χ1) is 14.7. The van der Waals surface area contributed by atoms with Crippen LogP contribution in [0.15, 0.2) is 24.3 Å². The number of rotatable bonds is 20. The zero-order valence-corrected chi connectivity index (χ0v) is 18.2. The zero-order valence-electron chi connectivity index (χ0n) is 18.2. The highest BCUT2D eigenvalue weighted by atomic mass is 16.6. The van der Waals surface area contributed by atoms with Crippen LogP contribution >= 0.6 is 0 Å². The maximum absolute atomic E-state index is 11.0. The zero-order chi connectivity index (χ0) is 21.7. The van der Waals surface area contributed by atoms with E-state index in [-0.39, 0.29) is 5.91 Å². The maximum Gasteiger partial charge on any atom is 0.221 e. The number of amides is 1. The van der Waals surface area contributed by atoms with E-state index >= 15 is 0 Å². The van der Waals surface area contributed by atoms with Gasteiger partial charge in [-0.25, -0.2) is 0 Å². The van der Waals surface area contributed by atoms with Gasteiger partial charge in [-0.2, -0.15) is 0 Å². The molecule has 0 aromatic heterocycles. The highest BCUT2D eigenvalue weighted by Gasteiger charge is 1.98. The minimum atomic E-state index is -0.0998. The predicted octanol–water partition coefficient (Wildman–Crippen LogP) is 1.33. The number of ether oxygens (including phenoxy) is 6. The molecule has 0 radical (unpaired) electrons. The maximum atomic E-state index is 11.0. The van der Waals surface area contributed by atoms with E-state index in [1.165, 1.54) is 6.92 Å². The molecule has 2 N–H and O–H groups in total. The lowest BCUT2D eigenvalue weighted by Crippen LogP contribution is -2.17. The van der Waals surface area contributed by atoms with Gasteiger partial charge in [0, 0.05) is 19.2 Å². The Balaban J connectivity index is 1.79. The fourth-order valence-corrected chi connectivity index (χ4v) is 2.21. The Kier molecular flexibility index (Phi) is 16.8. The van der Waals surface area contributed by atoms with Crippen molar-refractivity contribution in [3.63, 3.8) is 0 Å². The number of carbonyl (C=O) groups excluding carboxylic acids is 1. The Morgan fingerprint density at radius 1 is 0.700 bits per heavy atom. The quantitative estimate of drug-likeness (QED) is 0.300. The third-order valence-corrected chi connectivity index (χ3v) is 3.66. The van der Waals surface area contributed by atoms with Gasteiger partial charge in [-0.05, 0) is 31.3 Å². The van der Waals surface area contributed by atoms with Crippen molar-refractivity contribution in [1.29, 1.82) is 0 Å². The fourth-order valence-electron chi connectivity index (χ4n) is 2.21. The Bertz CT molecular complexity index is 529. The van der Waals surface area contributed by atoms with Gasteiger partial charge < -0.3 is 39.1 Å². The Morgan fingerprint density at radius 3 is 1.57 bits per heavy atom. The smallest absolute Gasteiger partial charge is 0.221 e. The van der Waals surface area contributed by atoms with Crippen molar-refractivity contribution in [2.45, 2.75) is 6.92 Å². The van der Waals surface area contributed by atoms with Gasteiger partial charge in [0.1, 0.15) is 12.4 Å². The first-order valence-corrected chi connectivity index (χ1v) is 10.3. The molecule has 0 bridgehead atoms. The standard InChI is InChI=1S/C21H36N2O7/c1-19(24)23-20-3-5-21(6-4-20)30-18-17-29-16-15-28-14-13-27-12-11-26-10-9-25-8-7-22-2/h3-6,22H,7-18H2,1-2H3,(H,23,24). The van der Waals surface area contributed by atoms with Crippen molar-refractivity contribution in [2.75, 3.05) is 91.6 Å². The van der Waals surface area contributed by atoms with Crippen LogP contribution in [0.3, 0.4) is 0 Å². The molecule has 0 aliphatic heterocycles. The summed E-state index contributed by atoms with van der Waals surface area (Å²) in [4.78, 5) is 11.0. The van der Waals surface area contributed by atoms with Crippen LogP contribution in [0.1, 0.15) is 6.92 Å². The third kappa shape index (κ3) is 16.1. The number of carbonyl (C=O) groups is 1. The van der Waals surface area contributed by atoms with E-state index in [0.717, 1.165) is 18.0 Å². The number of benzene rings is 1. The molecule has 0 atom stereocenters. The van der Waals surface area contributed by atoms with Crippen molar-refractivity contribution in [1.82, 2.24) is 5.32 Å². The molecule has 1 rings (SSSR count). The molecule has 0 saturated heterocycles. The van der Waals surface area contributed by atoms with Gasteiger partial charge in [0.25, 0.3) is 0 Å². The van der Waals surface area contributed by atoms with Gasteiger partial charge >= 0.3 is 0 Å². The van der Waals surface area contributed by atoms with Crippen LogP contribution in [0.25, 0.3) is 0 Å². The molecule has 0 unspecified atom stereocenters. The molecule has 0 saturated carbocycles. The average molecular weight is 429 g/mol. The summed E-state index contributed by atoms with van der Waals surface area (Å²) in [6.07, 6.45) is 0. The van der Waals surface area contributed by atoms with E-state index in [9.17, 15) is 4.79 Å². The molecule has 1 aromatic carbocycles.